The van der Waals surface area contributed by atoms with Gasteiger partial charge in [-0.25, -0.2) is 0 Å². The SMILES string of the molecule is CC(=O)Nc1cccc(NC(=O)CC(=O)O)c1. The van der Waals surface area contributed by atoms with Gasteiger partial charge in [-0.2, -0.15) is 0 Å². The average Bonchev–Trinajstić information content (AvgIpc) is 2.14. The number of benzene rings is 1. The lowest BCUT2D eigenvalue weighted by molar-refractivity contribution is -0.139. The fraction of sp³-hybridized carbons (Fsp3) is 0.182. The number of carboxylic acids is 1. The first-order valence-corrected chi connectivity index (χ1v) is 4.86. The van der Waals surface area contributed by atoms with Crippen LogP contribution in [0.1, 0.15) is 13.3 Å². The molecule has 0 saturated heterocycles. The number of carbonyl (C=O) groups excluding carboxylic acids is 2. The van der Waals surface area contributed by atoms with Gasteiger partial charge in [0.1, 0.15) is 6.42 Å². The second kappa shape index (κ2) is 5.64. The molecule has 0 aliphatic rings. The average molecular weight is 236 g/mol. The molecule has 0 unspecified atom stereocenters. The van der Waals surface area contributed by atoms with E-state index in [-0.39, 0.29) is 5.91 Å². The molecule has 3 N–H and O–H groups in total. The number of carboxylic acid groups (broad SMARTS) is 1. The Kier molecular flexibility index (Phi) is 4.21. The maximum atomic E-state index is 11.2. The van der Waals surface area contributed by atoms with Crippen molar-refractivity contribution in [1.29, 1.82) is 0 Å². The van der Waals surface area contributed by atoms with Crippen LogP contribution in [0.25, 0.3) is 0 Å². The van der Waals surface area contributed by atoms with Crippen molar-refractivity contribution in [3.8, 4) is 0 Å². The standard InChI is InChI=1S/C11H12N2O4/c1-7(14)12-8-3-2-4-9(5-8)13-10(15)6-11(16)17/h2-5H,6H2,1H3,(H,12,14)(H,13,15)(H,16,17). The molecule has 0 spiro atoms. The van der Waals surface area contributed by atoms with Crippen molar-refractivity contribution in [2.24, 2.45) is 0 Å². The summed E-state index contributed by atoms with van der Waals surface area (Å²) < 4.78 is 0. The molecule has 1 aromatic rings. The fourth-order valence-electron chi connectivity index (χ4n) is 1.22. The first-order chi connectivity index (χ1) is 7.97. The zero-order chi connectivity index (χ0) is 12.8. The van der Waals surface area contributed by atoms with Gasteiger partial charge in [-0.15, -0.1) is 0 Å². The number of rotatable bonds is 4. The molecule has 17 heavy (non-hydrogen) atoms. The summed E-state index contributed by atoms with van der Waals surface area (Å²) in [7, 11) is 0. The van der Waals surface area contributed by atoms with E-state index in [1.807, 2.05) is 0 Å². The Bertz CT molecular complexity index is 457. The summed E-state index contributed by atoms with van der Waals surface area (Å²) in [5.74, 6) is -2.03. The molecule has 0 heterocycles. The molecule has 0 aliphatic carbocycles. The first-order valence-electron chi connectivity index (χ1n) is 4.86. The van der Waals surface area contributed by atoms with Gasteiger partial charge in [0.2, 0.25) is 11.8 Å². The largest absolute Gasteiger partial charge is 0.481 e. The normalized spacial score (nSPS) is 9.47. The van der Waals surface area contributed by atoms with Crippen molar-refractivity contribution in [1.82, 2.24) is 0 Å². The molecule has 0 aliphatic heterocycles. The zero-order valence-corrected chi connectivity index (χ0v) is 9.19. The maximum Gasteiger partial charge on any atom is 0.312 e. The summed E-state index contributed by atoms with van der Waals surface area (Å²) in [6, 6.07) is 6.45. The van der Waals surface area contributed by atoms with E-state index >= 15 is 0 Å². The molecule has 0 atom stereocenters. The minimum atomic E-state index is -1.19. The Morgan fingerprint density at radius 2 is 1.76 bits per heavy atom. The summed E-state index contributed by atoms with van der Waals surface area (Å²) in [4.78, 5) is 32.3. The van der Waals surface area contributed by atoms with Crippen molar-refractivity contribution in [2.45, 2.75) is 13.3 Å². The molecule has 0 fully saturated rings. The molecule has 2 amide bonds. The Hall–Kier alpha value is -2.37. The van der Waals surface area contributed by atoms with Crippen molar-refractivity contribution < 1.29 is 19.5 Å². The third-order valence-electron chi connectivity index (χ3n) is 1.78. The van der Waals surface area contributed by atoms with E-state index in [2.05, 4.69) is 10.6 Å². The number of hydrogen-bond acceptors (Lipinski definition) is 3. The monoisotopic (exact) mass is 236 g/mol. The Morgan fingerprint density at radius 1 is 1.18 bits per heavy atom. The van der Waals surface area contributed by atoms with Crippen LogP contribution in [0.2, 0.25) is 0 Å². The molecule has 0 radical (unpaired) electrons. The van der Waals surface area contributed by atoms with Crippen LogP contribution in [0.3, 0.4) is 0 Å². The second-order valence-electron chi connectivity index (χ2n) is 3.38. The van der Waals surface area contributed by atoms with Crippen LogP contribution in [0, 0.1) is 0 Å². The smallest absolute Gasteiger partial charge is 0.312 e. The number of nitrogens with one attached hydrogen (secondary N) is 2. The van der Waals surface area contributed by atoms with E-state index in [0.29, 0.717) is 11.4 Å². The van der Waals surface area contributed by atoms with Crippen LogP contribution in [0.15, 0.2) is 24.3 Å². The van der Waals surface area contributed by atoms with E-state index in [1.54, 1.807) is 24.3 Å². The third kappa shape index (κ3) is 4.78. The van der Waals surface area contributed by atoms with Crippen LogP contribution in [-0.4, -0.2) is 22.9 Å². The highest BCUT2D eigenvalue weighted by Crippen LogP contribution is 2.15. The lowest BCUT2D eigenvalue weighted by atomic mass is 10.2. The number of anilines is 2. The number of aliphatic carboxylic acids is 1. The molecular formula is C11H12N2O4. The van der Waals surface area contributed by atoms with Crippen LogP contribution < -0.4 is 10.6 Å². The lowest BCUT2D eigenvalue weighted by Gasteiger charge is -2.06. The summed E-state index contributed by atoms with van der Waals surface area (Å²) in [5.41, 5.74) is 0.966. The molecule has 1 aromatic carbocycles. The van der Waals surface area contributed by atoms with E-state index in [0.717, 1.165) is 0 Å². The van der Waals surface area contributed by atoms with Gasteiger partial charge in [0.15, 0.2) is 0 Å². The van der Waals surface area contributed by atoms with Crippen molar-refractivity contribution in [3.63, 3.8) is 0 Å². The zero-order valence-electron chi connectivity index (χ0n) is 9.19. The van der Waals surface area contributed by atoms with Gasteiger partial charge in [-0.05, 0) is 18.2 Å². The Labute approximate surface area is 97.6 Å². The van der Waals surface area contributed by atoms with E-state index < -0.39 is 18.3 Å². The first kappa shape index (κ1) is 12.7. The minimum Gasteiger partial charge on any atom is -0.481 e. The van der Waals surface area contributed by atoms with E-state index in [9.17, 15) is 14.4 Å². The fourth-order valence-corrected chi connectivity index (χ4v) is 1.22. The Balaban J connectivity index is 2.68. The number of amides is 2. The molecule has 0 saturated carbocycles. The predicted octanol–water partition coefficient (Wildman–Crippen LogP) is 1.06. The minimum absolute atomic E-state index is 0.223. The van der Waals surface area contributed by atoms with Crippen molar-refractivity contribution in [2.75, 3.05) is 10.6 Å². The highest BCUT2D eigenvalue weighted by Gasteiger charge is 2.07. The summed E-state index contributed by atoms with van der Waals surface area (Å²) in [5, 5.41) is 13.4. The molecular weight excluding hydrogens is 224 g/mol. The number of carbonyl (C=O) groups is 3. The lowest BCUT2D eigenvalue weighted by Crippen LogP contribution is -2.16. The van der Waals surface area contributed by atoms with E-state index in [4.69, 9.17) is 5.11 Å². The van der Waals surface area contributed by atoms with Crippen LogP contribution >= 0.6 is 0 Å². The van der Waals surface area contributed by atoms with Gasteiger partial charge < -0.3 is 15.7 Å². The molecule has 6 nitrogen and oxygen atoms in total. The van der Waals surface area contributed by atoms with Crippen molar-refractivity contribution in [3.05, 3.63) is 24.3 Å². The summed E-state index contributed by atoms with van der Waals surface area (Å²) in [6.07, 6.45) is -0.593. The summed E-state index contributed by atoms with van der Waals surface area (Å²) in [6.45, 7) is 1.37. The van der Waals surface area contributed by atoms with Gasteiger partial charge in [0.05, 0.1) is 0 Å². The maximum absolute atomic E-state index is 11.2. The highest BCUT2D eigenvalue weighted by atomic mass is 16.4. The highest BCUT2D eigenvalue weighted by molar-refractivity contribution is 6.01. The van der Waals surface area contributed by atoms with Gasteiger partial charge in [0.25, 0.3) is 0 Å². The molecule has 0 aromatic heterocycles. The third-order valence-corrected chi connectivity index (χ3v) is 1.78. The van der Waals surface area contributed by atoms with Crippen LogP contribution in [-0.2, 0) is 14.4 Å². The quantitative estimate of drug-likeness (QED) is 0.681. The van der Waals surface area contributed by atoms with Crippen LogP contribution in [0.5, 0.6) is 0 Å². The topological polar surface area (TPSA) is 95.5 Å². The molecule has 90 valence electrons. The van der Waals surface area contributed by atoms with Crippen LogP contribution in [0.4, 0.5) is 11.4 Å². The molecule has 1 rings (SSSR count). The second-order valence-corrected chi connectivity index (χ2v) is 3.38. The molecule has 6 heteroatoms. The van der Waals surface area contributed by atoms with Gasteiger partial charge >= 0.3 is 5.97 Å². The molecule has 0 bridgehead atoms. The van der Waals surface area contributed by atoms with E-state index in [1.165, 1.54) is 6.92 Å². The summed E-state index contributed by atoms with van der Waals surface area (Å²) >= 11 is 0. The van der Waals surface area contributed by atoms with Gasteiger partial charge in [0, 0.05) is 18.3 Å². The Morgan fingerprint density at radius 3 is 2.29 bits per heavy atom. The number of hydrogen-bond donors (Lipinski definition) is 3. The van der Waals surface area contributed by atoms with Gasteiger partial charge in [-0.3, -0.25) is 14.4 Å². The predicted molar refractivity (Wildman–Crippen MR) is 61.6 cm³/mol. The van der Waals surface area contributed by atoms with Crippen molar-refractivity contribution >= 4 is 29.2 Å². The van der Waals surface area contributed by atoms with Gasteiger partial charge in [-0.1, -0.05) is 6.07 Å².